The molecule has 3 nitrogen and oxygen atoms in total. The molecule has 0 fully saturated rings. The fraction of sp³-hybridized carbons (Fsp3) is 0.235. The number of carbonyl (C=O) groups is 1. The van der Waals surface area contributed by atoms with Crippen LogP contribution in [0, 0.1) is 0 Å². The van der Waals surface area contributed by atoms with Crippen LogP contribution in [0.2, 0.25) is 5.02 Å². The first-order valence-corrected chi connectivity index (χ1v) is 7.26. The minimum Gasteiger partial charge on any atom is -0.377 e. The minimum atomic E-state index is -0.113. The summed E-state index contributed by atoms with van der Waals surface area (Å²) >= 11 is 5.81. The van der Waals surface area contributed by atoms with Gasteiger partial charge in [0.1, 0.15) is 0 Å². The number of rotatable bonds is 6. The van der Waals surface area contributed by atoms with E-state index in [-0.39, 0.29) is 5.91 Å². The molecule has 2 rings (SSSR count). The number of benzene rings is 2. The SMILES string of the molecule is CCOCc1ccccc1CNC(=O)c1ccc(Cl)cc1. The molecule has 2 aromatic rings. The maximum absolute atomic E-state index is 12.1. The summed E-state index contributed by atoms with van der Waals surface area (Å²) in [7, 11) is 0. The lowest BCUT2D eigenvalue weighted by Gasteiger charge is -2.11. The molecule has 0 aliphatic rings. The lowest BCUT2D eigenvalue weighted by Crippen LogP contribution is -2.23. The van der Waals surface area contributed by atoms with Crippen molar-refractivity contribution >= 4 is 17.5 Å². The van der Waals surface area contributed by atoms with Crippen LogP contribution in [0.25, 0.3) is 0 Å². The number of carbonyl (C=O) groups excluding carboxylic acids is 1. The molecular formula is C17H18ClNO2. The quantitative estimate of drug-likeness (QED) is 0.881. The van der Waals surface area contributed by atoms with E-state index in [9.17, 15) is 4.79 Å². The van der Waals surface area contributed by atoms with E-state index >= 15 is 0 Å². The van der Waals surface area contributed by atoms with Crippen LogP contribution in [0.1, 0.15) is 28.4 Å². The number of halogens is 1. The van der Waals surface area contributed by atoms with Gasteiger partial charge in [-0.25, -0.2) is 0 Å². The van der Waals surface area contributed by atoms with Crippen LogP contribution >= 0.6 is 11.6 Å². The van der Waals surface area contributed by atoms with Crippen LogP contribution in [0.4, 0.5) is 0 Å². The van der Waals surface area contributed by atoms with E-state index < -0.39 is 0 Å². The summed E-state index contributed by atoms with van der Waals surface area (Å²) < 4.78 is 5.44. The van der Waals surface area contributed by atoms with Gasteiger partial charge in [-0.05, 0) is 42.3 Å². The number of nitrogens with one attached hydrogen (secondary N) is 1. The third kappa shape index (κ3) is 4.59. The lowest BCUT2D eigenvalue weighted by atomic mass is 10.1. The molecule has 1 amide bonds. The second-order valence-electron chi connectivity index (χ2n) is 4.60. The zero-order valence-electron chi connectivity index (χ0n) is 11.9. The molecule has 0 heterocycles. The largest absolute Gasteiger partial charge is 0.377 e. The summed E-state index contributed by atoms with van der Waals surface area (Å²) in [6.07, 6.45) is 0. The van der Waals surface area contributed by atoms with E-state index in [1.807, 2.05) is 31.2 Å². The Kier molecular flexibility index (Phi) is 5.78. The predicted octanol–water partition coefficient (Wildman–Crippen LogP) is 3.81. The first-order valence-electron chi connectivity index (χ1n) is 6.89. The average molecular weight is 304 g/mol. The molecule has 2 aromatic carbocycles. The molecule has 0 bridgehead atoms. The third-order valence-electron chi connectivity index (χ3n) is 3.13. The van der Waals surface area contributed by atoms with Gasteiger partial charge in [0.15, 0.2) is 0 Å². The van der Waals surface area contributed by atoms with Crippen LogP contribution in [0.5, 0.6) is 0 Å². The van der Waals surface area contributed by atoms with Crippen LogP contribution < -0.4 is 5.32 Å². The summed E-state index contributed by atoms with van der Waals surface area (Å²) in [6, 6.07) is 14.8. The van der Waals surface area contributed by atoms with Gasteiger partial charge in [-0.1, -0.05) is 35.9 Å². The maximum Gasteiger partial charge on any atom is 0.251 e. The van der Waals surface area contributed by atoms with Crippen molar-refractivity contribution in [3.63, 3.8) is 0 Å². The molecule has 0 spiro atoms. The highest BCUT2D eigenvalue weighted by molar-refractivity contribution is 6.30. The first-order chi connectivity index (χ1) is 10.2. The van der Waals surface area contributed by atoms with Crippen molar-refractivity contribution in [2.24, 2.45) is 0 Å². The fourth-order valence-corrected chi connectivity index (χ4v) is 2.09. The van der Waals surface area contributed by atoms with Gasteiger partial charge in [0.25, 0.3) is 5.91 Å². The first kappa shape index (κ1) is 15.5. The maximum atomic E-state index is 12.1. The molecule has 0 unspecified atom stereocenters. The van der Waals surface area contributed by atoms with Crippen molar-refractivity contribution in [2.45, 2.75) is 20.1 Å². The molecule has 1 N–H and O–H groups in total. The Morgan fingerprint density at radius 2 is 1.76 bits per heavy atom. The molecule has 110 valence electrons. The van der Waals surface area contributed by atoms with Gasteiger partial charge in [0, 0.05) is 23.7 Å². The third-order valence-corrected chi connectivity index (χ3v) is 3.38. The number of hydrogen-bond acceptors (Lipinski definition) is 2. The summed E-state index contributed by atoms with van der Waals surface area (Å²) in [6.45, 7) is 3.67. The van der Waals surface area contributed by atoms with Gasteiger partial charge >= 0.3 is 0 Å². The van der Waals surface area contributed by atoms with E-state index in [2.05, 4.69) is 5.32 Å². The number of ether oxygens (including phenoxy) is 1. The summed E-state index contributed by atoms with van der Waals surface area (Å²) in [5, 5.41) is 3.53. The Labute approximate surface area is 129 Å². The van der Waals surface area contributed by atoms with Gasteiger partial charge in [0.2, 0.25) is 0 Å². The Morgan fingerprint density at radius 1 is 1.10 bits per heavy atom. The Bertz CT molecular complexity index is 596. The lowest BCUT2D eigenvalue weighted by molar-refractivity contribution is 0.0950. The standard InChI is InChI=1S/C17H18ClNO2/c1-2-21-12-15-6-4-3-5-14(15)11-19-17(20)13-7-9-16(18)10-8-13/h3-10H,2,11-12H2,1H3,(H,19,20). The van der Waals surface area contributed by atoms with Crippen molar-refractivity contribution in [3.05, 3.63) is 70.2 Å². The van der Waals surface area contributed by atoms with Crippen LogP contribution in [-0.2, 0) is 17.9 Å². The molecule has 0 radical (unpaired) electrons. The molecule has 0 saturated heterocycles. The van der Waals surface area contributed by atoms with Gasteiger partial charge in [-0.2, -0.15) is 0 Å². The van der Waals surface area contributed by atoms with Crippen LogP contribution in [0.15, 0.2) is 48.5 Å². The normalized spacial score (nSPS) is 10.4. The topological polar surface area (TPSA) is 38.3 Å². The summed E-state index contributed by atoms with van der Waals surface area (Å²) in [5.74, 6) is -0.113. The molecule has 21 heavy (non-hydrogen) atoms. The monoisotopic (exact) mass is 303 g/mol. The zero-order chi connectivity index (χ0) is 15.1. The zero-order valence-corrected chi connectivity index (χ0v) is 12.7. The average Bonchev–Trinajstić information content (AvgIpc) is 2.52. The molecular weight excluding hydrogens is 286 g/mol. The van der Waals surface area contributed by atoms with Crippen molar-refractivity contribution < 1.29 is 9.53 Å². The molecule has 0 aromatic heterocycles. The molecule has 0 atom stereocenters. The van der Waals surface area contributed by atoms with Gasteiger partial charge in [-0.15, -0.1) is 0 Å². The van der Waals surface area contributed by atoms with Crippen molar-refractivity contribution in [1.29, 1.82) is 0 Å². The Balaban J connectivity index is 1.99. The van der Waals surface area contributed by atoms with Crippen molar-refractivity contribution in [3.8, 4) is 0 Å². The minimum absolute atomic E-state index is 0.113. The van der Waals surface area contributed by atoms with Crippen LogP contribution in [-0.4, -0.2) is 12.5 Å². The van der Waals surface area contributed by atoms with Crippen molar-refractivity contribution in [1.82, 2.24) is 5.32 Å². The van der Waals surface area contributed by atoms with Gasteiger partial charge in [-0.3, -0.25) is 4.79 Å². The van der Waals surface area contributed by atoms with Gasteiger partial charge < -0.3 is 10.1 Å². The second kappa shape index (κ2) is 7.81. The number of amides is 1. The molecule has 4 heteroatoms. The van der Waals surface area contributed by atoms with Crippen molar-refractivity contribution in [2.75, 3.05) is 6.61 Å². The molecule has 0 aliphatic heterocycles. The van der Waals surface area contributed by atoms with Crippen LogP contribution in [0.3, 0.4) is 0 Å². The Hall–Kier alpha value is -1.84. The summed E-state index contributed by atoms with van der Waals surface area (Å²) in [4.78, 5) is 12.1. The highest BCUT2D eigenvalue weighted by atomic mass is 35.5. The number of hydrogen-bond donors (Lipinski definition) is 1. The highest BCUT2D eigenvalue weighted by Crippen LogP contribution is 2.12. The van der Waals surface area contributed by atoms with E-state index in [0.717, 1.165) is 11.1 Å². The molecule has 0 aliphatic carbocycles. The van der Waals surface area contributed by atoms with E-state index in [1.54, 1.807) is 24.3 Å². The highest BCUT2D eigenvalue weighted by Gasteiger charge is 2.07. The van der Waals surface area contributed by atoms with E-state index in [0.29, 0.717) is 30.3 Å². The van der Waals surface area contributed by atoms with Gasteiger partial charge in [0.05, 0.1) is 6.61 Å². The predicted molar refractivity (Wildman–Crippen MR) is 84.4 cm³/mol. The second-order valence-corrected chi connectivity index (χ2v) is 5.03. The molecule has 0 saturated carbocycles. The Morgan fingerprint density at radius 3 is 2.43 bits per heavy atom. The van der Waals surface area contributed by atoms with E-state index in [4.69, 9.17) is 16.3 Å². The van der Waals surface area contributed by atoms with E-state index in [1.165, 1.54) is 0 Å². The smallest absolute Gasteiger partial charge is 0.251 e. The fourth-order valence-electron chi connectivity index (χ4n) is 1.96. The summed E-state index contributed by atoms with van der Waals surface area (Å²) in [5.41, 5.74) is 2.76.